The van der Waals surface area contributed by atoms with Crippen molar-refractivity contribution < 1.29 is 147 Å². The molecule has 0 saturated carbocycles. The molecule has 0 radical (unpaired) electrons. The Morgan fingerprint density at radius 2 is 0.880 bits per heavy atom. The second-order valence-corrected chi connectivity index (χ2v) is 28.1. The first kappa shape index (κ1) is 78.0. The minimum absolute atomic E-state index is 0.00717. The van der Waals surface area contributed by atoms with Crippen LogP contribution in [0, 0.1) is 38.5 Å². The first-order valence-corrected chi connectivity index (χ1v) is 33.1. The first-order valence-electron chi connectivity index (χ1n) is 23.0. The normalized spacial score (nSPS) is 15.3. The van der Waals surface area contributed by atoms with Gasteiger partial charge in [0.1, 0.15) is 6.29 Å². The Balaban J connectivity index is 0.000000655. The van der Waals surface area contributed by atoms with Crippen LogP contribution >= 0.6 is 77.3 Å². The Morgan fingerprint density at radius 3 is 1.18 bits per heavy atom. The summed E-state index contributed by atoms with van der Waals surface area (Å²) in [5.74, 6) is -10.4. The van der Waals surface area contributed by atoms with E-state index >= 15 is 0 Å². The molecule has 0 aliphatic rings. The van der Waals surface area contributed by atoms with E-state index in [0.717, 1.165) is 0 Å². The molecule has 3 aromatic heterocycles. The summed E-state index contributed by atoms with van der Waals surface area (Å²) in [5, 5.41) is 17.9. The van der Waals surface area contributed by atoms with Crippen LogP contribution in [-0.4, -0.2) is 112 Å². The topological polar surface area (TPSA) is 466 Å². The maximum atomic E-state index is 13.1. The van der Waals surface area contributed by atoms with Crippen LogP contribution < -0.4 is 17.5 Å². The molecule has 44 heteroatoms. The van der Waals surface area contributed by atoms with Crippen LogP contribution in [0.4, 0.5) is 0 Å². The van der Waals surface area contributed by atoms with Crippen molar-refractivity contribution in [3.05, 3.63) is 66.4 Å². The molecule has 0 fully saturated rings. The number of aldehydes is 1. The van der Waals surface area contributed by atoms with Gasteiger partial charge in [0.2, 0.25) is 18.1 Å². The number of hydrogen-bond donors (Lipinski definition) is 3. The van der Waals surface area contributed by atoms with Gasteiger partial charge in [-0.05, 0) is 40.0 Å². The molecule has 3 N–H and O–H groups in total. The van der Waals surface area contributed by atoms with Crippen LogP contribution in [-0.2, 0) is 125 Å². The van der Waals surface area contributed by atoms with Gasteiger partial charge >= 0.3 is 70.4 Å². The predicted octanol–water partition coefficient (Wildman–Crippen LogP) is 7.48. The molecule has 9 atom stereocenters. The van der Waals surface area contributed by atoms with Crippen molar-refractivity contribution >= 4 is 113 Å². The standard InChI is InChI=1S/C18H25O15P3.C13H21O12P3.C8H17O8P3/c1-10-13(30-17(21)28-10)7-26-15(19)6-5-12(9-36(23,32-34-24-3)33-35-25-4)16(20)27-8-14-11(2)29-18(22)31-14;1-8-10(23-13(17)22-8)6-21-12(16)9(4-5-11(14)15)7-28(18,24-26-19-2)25-27-20-3;1-13-17-15-19(12,16-18-14-2)6-7(8(10)11)4-3-5-9/h12,34-35H,5-9H2,1-4H3;9,26-27H,4-7H2,1-3H3,(H,14,15);5,7,12,17-18H,3-4,6H2,1-2H3/p+1. The zero-order valence-electron chi connectivity index (χ0n) is 45.5. The Kier molecular flexibility index (Phi) is 40.2. The lowest BCUT2D eigenvalue weighted by Crippen LogP contribution is -2.23. The van der Waals surface area contributed by atoms with E-state index in [0.29, 0.717) is 6.29 Å². The highest BCUT2D eigenvalue weighted by molar-refractivity contribution is 7.69. The highest BCUT2D eigenvalue weighted by Crippen LogP contribution is 2.66. The second-order valence-electron chi connectivity index (χ2n) is 15.5. The number of aryl methyl sites for hydroxylation is 3. The lowest BCUT2D eigenvalue weighted by molar-refractivity contribution is -0.152. The SMILES string of the molecule is COPOP(=O)(CC(CCC(=O)O)C(=O)OCc1oc(=O)oc1C)OPOC.COPOP(=O)(CC(CCC(=O)OCc1oc(=O)oc1C)C(=O)OCc1oc(=O)oc1C)OPOC.COPO[P+](O)(CC(CCC=O)C(=O)O)OPOC. The van der Waals surface area contributed by atoms with Gasteiger partial charge in [-0.2, -0.15) is 4.89 Å². The molecule has 0 aliphatic heterocycles. The van der Waals surface area contributed by atoms with E-state index in [1.54, 1.807) is 0 Å². The summed E-state index contributed by atoms with van der Waals surface area (Å²) < 4.78 is 129. The molecule has 0 spiro atoms. The fourth-order valence-corrected chi connectivity index (χ4v) is 16.0. The Labute approximate surface area is 483 Å². The molecule has 3 rings (SSSR count). The van der Waals surface area contributed by atoms with Crippen LogP contribution in [0.1, 0.15) is 73.1 Å². The molecular formula is C39H64O35P9+. The van der Waals surface area contributed by atoms with Crippen LogP contribution in [0.2, 0.25) is 0 Å². The third kappa shape index (κ3) is 33.1. The molecule has 0 amide bonds. The number of ether oxygens (including phenoxy) is 3. The van der Waals surface area contributed by atoms with E-state index in [2.05, 4.69) is 8.83 Å². The molecule has 9 unspecified atom stereocenters. The van der Waals surface area contributed by atoms with E-state index in [4.69, 9.17) is 95.1 Å². The van der Waals surface area contributed by atoms with Crippen molar-refractivity contribution in [3.8, 4) is 0 Å². The zero-order chi connectivity index (χ0) is 62.6. The van der Waals surface area contributed by atoms with Crippen molar-refractivity contribution in [3.63, 3.8) is 0 Å². The molecule has 0 aliphatic carbocycles. The molecule has 3 heterocycles. The number of hydrogen-bond acceptors (Lipinski definition) is 33. The van der Waals surface area contributed by atoms with Gasteiger partial charge in [0.15, 0.2) is 96.7 Å². The summed E-state index contributed by atoms with van der Waals surface area (Å²) in [5.41, 5.74) is 0. The summed E-state index contributed by atoms with van der Waals surface area (Å²) in [6.07, 6.45) is -1.34. The van der Waals surface area contributed by atoms with Crippen LogP contribution in [0.25, 0.3) is 0 Å². The second kappa shape index (κ2) is 42.8. The maximum absolute atomic E-state index is 13.1. The van der Waals surface area contributed by atoms with Crippen LogP contribution in [0.5, 0.6) is 0 Å². The highest BCUT2D eigenvalue weighted by Gasteiger charge is 2.47. The molecular weight excluding hydrogens is 1310 g/mol. The Bertz CT molecular complexity index is 2660. The summed E-state index contributed by atoms with van der Waals surface area (Å²) in [7, 11) is -6.61. The number of carboxylic acids is 2. The first-order chi connectivity index (χ1) is 39.3. The Hall–Kier alpha value is -3.00. The van der Waals surface area contributed by atoms with Crippen molar-refractivity contribution in [2.45, 2.75) is 79.1 Å². The van der Waals surface area contributed by atoms with E-state index in [1.807, 2.05) is 0 Å². The van der Waals surface area contributed by atoms with E-state index < -0.39 is 168 Å². The van der Waals surface area contributed by atoms with Crippen molar-refractivity contribution in [1.29, 1.82) is 0 Å². The maximum Gasteiger partial charge on any atom is 0.519 e. The number of carbonyl (C=O) groups excluding carboxylic acids is 4. The average molecular weight is 1370 g/mol. The van der Waals surface area contributed by atoms with Gasteiger partial charge in [-0.3, -0.25) is 50.3 Å². The van der Waals surface area contributed by atoms with Gasteiger partial charge in [0.25, 0.3) is 0 Å². The molecule has 0 saturated heterocycles. The van der Waals surface area contributed by atoms with E-state index in [-0.39, 0.29) is 85.9 Å². The predicted molar refractivity (Wildman–Crippen MR) is 292 cm³/mol. The number of aliphatic carboxylic acids is 2. The van der Waals surface area contributed by atoms with Crippen molar-refractivity contribution in [1.82, 2.24) is 0 Å². The van der Waals surface area contributed by atoms with Gasteiger partial charge in [-0.15, -0.1) is 8.62 Å². The molecule has 3 aromatic rings. The van der Waals surface area contributed by atoms with Crippen LogP contribution in [0.3, 0.4) is 0 Å². The van der Waals surface area contributed by atoms with Gasteiger partial charge < -0.3 is 82.9 Å². The van der Waals surface area contributed by atoms with Crippen molar-refractivity contribution in [2.75, 3.05) is 61.1 Å². The minimum atomic E-state index is -3.92. The zero-order valence-corrected chi connectivity index (χ0v) is 54.2. The Morgan fingerprint density at radius 1 is 0.530 bits per heavy atom. The molecule has 83 heavy (non-hydrogen) atoms. The van der Waals surface area contributed by atoms with Gasteiger partial charge in [-0.25, -0.2) is 14.4 Å². The summed E-state index contributed by atoms with van der Waals surface area (Å²) in [4.78, 5) is 113. The molecule has 0 bridgehead atoms. The molecule has 474 valence electrons. The summed E-state index contributed by atoms with van der Waals surface area (Å²) in [6.45, 7) is 3.14. The summed E-state index contributed by atoms with van der Waals surface area (Å²) >= 11 is 0. The van der Waals surface area contributed by atoms with Gasteiger partial charge in [0.05, 0.1) is 30.1 Å². The number of carboxylic acid groups (broad SMARTS) is 2. The quantitative estimate of drug-likeness (QED) is 0.0214. The monoisotopic (exact) mass is 1370 g/mol. The largest absolute Gasteiger partial charge is 0.519 e. The molecule has 0 aromatic carbocycles. The third-order valence-corrected chi connectivity index (χ3v) is 21.7. The highest BCUT2D eigenvalue weighted by atomic mass is 31.3. The summed E-state index contributed by atoms with van der Waals surface area (Å²) in [6, 6.07) is 0. The van der Waals surface area contributed by atoms with Gasteiger partial charge in [-0.1, -0.05) is 0 Å². The van der Waals surface area contributed by atoms with Crippen molar-refractivity contribution in [2.24, 2.45) is 17.8 Å². The fourth-order valence-electron chi connectivity index (χ4n) is 5.63. The number of carbonyl (C=O) groups is 6. The minimum Gasteiger partial charge on any atom is -0.481 e. The number of rotatable bonds is 42. The third-order valence-electron chi connectivity index (χ3n) is 9.52. The lowest BCUT2D eigenvalue weighted by Gasteiger charge is -2.21. The fraction of sp³-hybridized carbons (Fsp3) is 0.615. The van der Waals surface area contributed by atoms with E-state index in [9.17, 15) is 57.2 Å². The lowest BCUT2D eigenvalue weighted by atomic mass is 10.1. The van der Waals surface area contributed by atoms with Gasteiger partial charge in [0, 0.05) is 61.9 Å². The smallest absolute Gasteiger partial charge is 0.481 e. The van der Waals surface area contributed by atoms with Crippen LogP contribution in [0.15, 0.2) is 40.9 Å². The average Bonchev–Trinajstić information content (AvgIpc) is 4.10. The number of esters is 3. The van der Waals surface area contributed by atoms with E-state index in [1.165, 1.54) is 63.4 Å². The molecule has 35 nitrogen and oxygen atoms in total.